The monoisotopic (exact) mass is 273 g/mol. The highest BCUT2D eigenvalue weighted by atomic mass is 79.9. The standard InChI is InChI=1S/C11H16BrNO2/c1-13-5-6-15-8-9-7-10(14-2)3-4-11(9)12/h3-4,7,13H,5-6,8H2,1-2H3. The molecule has 0 atom stereocenters. The van der Waals surface area contributed by atoms with Gasteiger partial charge in [-0.2, -0.15) is 0 Å². The minimum atomic E-state index is 0.597. The van der Waals surface area contributed by atoms with Gasteiger partial charge in [0.25, 0.3) is 0 Å². The summed E-state index contributed by atoms with van der Waals surface area (Å²) >= 11 is 3.48. The average Bonchev–Trinajstić information content (AvgIpc) is 2.26. The maximum atomic E-state index is 5.49. The van der Waals surface area contributed by atoms with Gasteiger partial charge in [0.05, 0.1) is 20.3 Å². The van der Waals surface area contributed by atoms with Crippen LogP contribution in [0.4, 0.5) is 0 Å². The van der Waals surface area contributed by atoms with Gasteiger partial charge in [0, 0.05) is 11.0 Å². The summed E-state index contributed by atoms with van der Waals surface area (Å²) in [7, 11) is 3.57. The second kappa shape index (κ2) is 6.82. The lowest BCUT2D eigenvalue weighted by atomic mass is 10.2. The number of hydrogen-bond acceptors (Lipinski definition) is 3. The Kier molecular flexibility index (Phi) is 5.68. The zero-order valence-electron chi connectivity index (χ0n) is 9.05. The molecule has 0 heterocycles. The molecule has 0 fully saturated rings. The summed E-state index contributed by atoms with van der Waals surface area (Å²) in [6.07, 6.45) is 0. The first-order chi connectivity index (χ1) is 7.27. The van der Waals surface area contributed by atoms with Crippen LogP contribution in [0.25, 0.3) is 0 Å². The fourth-order valence-corrected chi connectivity index (χ4v) is 1.51. The van der Waals surface area contributed by atoms with Crippen LogP contribution in [0.2, 0.25) is 0 Å². The molecule has 0 aliphatic heterocycles. The molecule has 0 aliphatic carbocycles. The third-order valence-corrected chi connectivity index (χ3v) is 2.78. The Bertz CT molecular complexity index is 305. The van der Waals surface area contributed by atoms with Gasteiger partial charge in [0.1, 0.15) is 5.75 Å². The minimum absolute atomic E-state index is 0.597. The molecule has 0 amide bonds. The summed E-state index contributed by atoms with van der Waals surface area (Å²) in [6.45, 7) is 2.17. The van der Waals surface area contributed by atoms with Crippen molar-refractivity contribution in [2.45, 2.75) is 6.61 Å². The highest BCUT2D eigenvalue weighted by Gasteiger charge is 2.01. The number of nitrogens with one attached hydrogen (secondary N) is 1. The van der Waals surface area contributed by atoms with Crippen LogP contribution in [-0.2, 0) is 11.3 Å². The van der Waals surface area contributed by atoms with E-state index in [1.54, 1.807) is 7.11 Å². The highest BCUT2D eigenvalue weighted by Crippen LogP contribution is 2.22. The Balaban J connectivity index is 2.51. The molecule has 0 unspecified atom stereocenters. The van der Waals surface area contributed by atoms with E-state index >= 15 is 0 Å². The van der Waals surface area contributed by atoms with Gasteiger partial charge in [-0.05, 0) is 30.8 Å². The SMILES string of the molecule is CNCCOCc1cc(OC)ccc1Br. The molecule has 1 rings (SSSR count). The zero-order valence-corrected chi connectivity index (χ0v) is 10.6. The van der Waals surface area contributed by atoms with Gasteiger partial charge in [0.2, 0.25) is 0 Å². The van der Waals surface area contributed by atoms with E-state index in [9.17, 15) is 0 Å². The molecule has 4 heteroatoms. The number of halogens is 1. The van der Waals surface area contributed by atoms with Gasteiger partial charge in [0.15, 0.2) is 0 Å². The van der Waals surface area contributed by atoms with E-state index in [0.717, 1.165) is 22.3 Å². The molecule has 0 saturated carbocycles. The summed E-state index contributed by atoms with van der Waals surface area (Å²) in [5.74, 6) is 0.852. The van der Waals surface area contributed by atoms with Gasteiger partial charge in [-0.15, -0.1) is 0 Å². The number of likely N-dealkylation sites (N-methyl/N-ethyl adjacent to an activating group) is 1. The van der Waals surface area contributed by atoms with E-state index in [1.807, 2.05) is 25.2 Å². The molecular formula is C11H16BrNO2. The van der Waals surface area contributed by atoms with Crippen molar-refractivity contribution in [1.29, 1.82) is 0 Å². The zero-order chi connectivity index (χ0) is 11.1. The first-order valence-corrected chi connectivity index (χ1v) is 5.62. The summed E-state index contributed by atoms with van der Waals surface area (Å²) < 4.78 is 11.7. The topological polar surface area (TPSA) is 30.5 Å². The number of benzene rings is 1. The van der Waals surface area contributed by atoms with E-state index in [0.29, 0.717) is 13.2 Å². The maximum Gasteiger partial charge on any atom is 0.119 e. The third-order valence-electron chi connectivity index (χ3n) is 2.01. The largest absolute Gasteiger partial charge is 0.497 e. The lowest BCUT2D eigenvalue weighted by Gasteiger charge is -2.08. The van der Waals surface area contributed by atoms with Gasteiger partial charge in [-0.1, -0.05) is 15.9 Å². The molecule has 0 bridgehead atoms. The quantitative estimate of drug-likeness (QED) is 0.807. The van der Waals surface area contributed by atoms with Crippen LogP contribution in [0.1, 0.15) is 5.56 Å². The molecule has 0 saturated heterocycles. The molecule has 15 heavy (non-hydrogen) atoms. The van der Waals surface area contributed by atoms with E-state index in [1.165, 1.54) is 0 Å². The molecule has 3 nitrogen and oxygen atoms in total. The first kappa shape index (κ1) is 12.5. The van der Waals surface area contributed by atoms with Crippen molar-refractivity contribution in [2.24, 2.45) is 0 Å². The van der Waals surface area contributed by atoms with Gasteiger partial charge in [-0.25, -0.2) is 0 Å². The predicted octanol–water partition coefficient (Wildman–Crippen LogP) is 2.19. The number of ether oxygens (including phenoxy) is 2. The van der Waals surface area contributed by atoms with E-state index in [2.05, 4.69) is 21.2 Å². The summed E-state index contributed by atoms with van der Waals surface area (Å²) in [4.78, 5) is 0. The van der Waals surface area contributed by atoms with Crippen molar-refractivity contribution in [2.75, 3.05) is 27.3 Å². The van der Waals surface area contributed by atoms with E-state index in [-0.39, 0.29) is 0 Å². The normalized spacial score (nSPS) is 10.3. The Morgan fingerprint density at radius 3 is 2.87 bits per heavy atom. The fourth-order valence-electron chi connectivity index (χ4n) is 1.15. The molecule has 0 aromatic heterocycles. The average molecular weight is 274 g/mol. The fraction of sp³-hybridized carbons (Fsp3) is 0.455. The number of hydrogen-bond donors (Lipinski definition) is 1. The Labute approximate surface area is 98.9 Å². The van der Waals surface area contributed by atoms with Gasteiger partial charge in [-0.3, -0.25) is 0 Å². The molecule has 1 aromatic rings. The van der Waals surface area contributed by atoms with Gasteiger partial charge < -0.3 is 14.8 Å². The highest BCUT2D eigenvalue weighted by molar-refractivity contribution is 9.10. The van der Waals surface area contributed by atoms with Crippen molar-refractivity contribution >= 4 is 15.9 Å². The third kappa shape index (κ3) is 4.20. The van der Waals surface area contributed by atoms with Crippen LogP contribution in [0.15, 0.2) is 22.7 Å². The van der Waals surface area contributed by atoms with Crippen LogP contribution in [0.3, 0.4) is 0 Å². The second-order valence-corrected chi connectivity index (χ2v) is 3.97. The Hall–Kier alpha value is -0.580. The molecule has 84 valence electrons. The van der Waals surface area contributed by atoms with Crippen molar-refractivity contribution in [3.05, 3.63) is 28.2 Å². The van der Waals surface area contributed by atoms with Crippen LogP contribution in [0, 0.1) is 0 Å². The summed E-state index contributed by atoms with van der Waals surface area (Å²) in [5, 5.41) is 3.03. The minimum Gasteiger partial charge on any atom is -0.497 e. The summed E-state index contributed by atoms with van der Waals surface area (Å²) in [5.41, 5.74) is 1.10. The van der Waals surface area contributed by atoms with Crippen LogP contribution >= 0.6 is 15.9 Å². The second-order valence-electron chi connectivity index (χ2n) is 3.11. The van der Waals surface area contributed by atoms with Crippen molar-refractivity contribution in [1.82, 2.24) is 5.32 Å². The Morgan fingerprint density at radius 1 is 1.40 bits per heavy atom. The van der Waals surface area contributed by atoms with Crippen molar-refractivity contribution in [3.8, 4) is 5.75 Å². The molecular weight excluding hydrogens is 258 g/mol. The van der Waals surface area contributed by atoms with E-state index in [4.69, 9.17) is 9.47 Å². The molecule has 0 radical (unpaired) electrons. The molecule has 1 aromatic carbocycles. The van der Waals surface area contributed by atoms with Crippen molar-refractivity contribution in [3.63, 3.8) is 0 Å². The number of rotatable bonds is 6. The van der Waals surface area contributed by atoms with Crippen molar-refractivity contribution < 1.29 is 9.47 Å². The number of methoxy groups -OCH3 is 1. The maximum absolute atomic E-state index is 5.49. The molecule has 1 N–H and O–H groups in total. The molecule has 0 spiro atoms. The molecule has 0 aliphatic rings. The van der Waals surface area contributed by atoms with Crippen LogP contribution < -0.4 is 10.1 Å². The summed E-state index contributed by atoms with van der Waals surface area (Å²) in [6, 6.07) is 5.86. The Morgan fingerprint density at radius 2 is 2.20 bits per heavy atom. The van der Waals surface area contributed by atoms with Crippen LogP contribution in [0.5, 0.6) is 5.75 Å². The lowest BCUT2D eigenvalue weighted by Crippen LogP contribution is -2.14. The predicted molar refractivity (Wildman–Crippen MR) is 64.3 cm³/mol. The van der Waals surface area contributed by atoms with E-state index < -0.39 is 0 Å². The lowest BCUT2D eigenvalue weighted by molar-refractivity contribution is 0.123. The van der Waals surface area contributed by atoms with Crippen LogP contribution in [-0.4, -0.2) is 27.3 Å². The van der Waals surface area contributed by atoms with Gasteiger partial charge >= 0.3 is 0 Å². The first-order valence-electron chi connectivity index (χ1n) is 4.82. The smallest absolute Gasteiger partial charge is 0.119 e.